The summed E-state index contributed by atoms with van der Waals surface area (Å²) in [4.78, 5) is 11.9. The molecule has 106 valence electrons. The summed E-state index contributed by atoms with van der Waals surface area (Å²) in [5.41, 5.74) is 1.64. The Balaban J connectivity index is 2.00. The number of hydrogen-bond donors (Lipinski definition) is 2. The zero-order chi connectivity index (χ0) is 14.4. The van der Waals surface area contributed by atoms with Crippen LogP contribution in [0.2, 0.25) is 0 Å². The maximum atomic E-state index is 11.9. The molecular weight excluding hydrogens is 258 g/mol. The van der Waals surface area contributed by atoms with Gasteiger partial charge in [-0.25, -0.2) is 0 Å². The van der Waals surface area contributed by atoms with Crippen LogP contribution < -0.4 is 10.1 Å². The van der Waals surface area contributed by atoms with E-state index in [0.29, 0.717) is 18.1 Å². The molecular formula is C15H17NO4. The van der Waals surface area contributed by atoms with Crippen molar-refractivity contribution in [2.45, 2.75) is 13.5 Å². The molecule has 0 saturated carbocycles. The van der Waals surface area contributed by atoms with Crippen LogP contribution in [0.25, 0.3) is 0 Å². The van der Waals surface area contributed by atoms with Crippen molar-refractivity contribution >= 4 is 5.91 Å². The van der Waals surface area contributed by atoms with Gasteiger partial charge in [-0.2, -0.15) is 0 Å². The molecule has 0 radical (unpaired) electrons. The van der Waals surface area contributed by atoms with E-state index in [4.69, 9.17) is 14.3 Å². The number of hydrogen-bond acceptors (Lipinski definition) is 4. The first-order valence-corrected chi connectivity index (χ1v) is 6.36. The largest absolute Gasteiger partial charge is 0.491 e. The van der Waals surface area contributed by atoms with Crippen molar-refractivity contribution in [3.8, 4) is 5.75 Å². The number of rotatable bonds is 6. The molecule has 0 aliphatic rings. The first-order chi connectivity index (χ1) is 9.72. The highest BCUT2D eigenvalue weighted by molar-refractivity contribution is 5.92. The fourth-order valence-corrected chi connectivity index (χ4v) is 1.81. The van der Waals surface area contributed by atoms with Crippen molar-refractivity contribution in [2.24, 2.45) is 0 Å². The molecule has 0 saturated heterocycles. The third kappa shape index (κ3) is 3.39. The molecule has 2 aromatic rings. The molecule has 5 heteroatoms. The number of benzene rings is 1. The van der Waals surface area contributed by atoms with Crippen molar-refractivity contribution < 1.29 is 19.1 Å². The van der Waals surface area contributed by atoms with Gasteiger partial charge in [-0.05, 0) is 19.1 Å². The first kappa shape index (κ1) is 14.1. The molecule has 1 heterocycles. The standard InChI is InChI=1S/C15H17NO4/c1-11-6-8-20-14(11)15(18)16-10-12-4-2-3-5-13(12)19-9-7-17/h2-6,8,17H,7,9-10H2,1H3,(H,16,18). The lowest BCUT2D eigenvalue weighted by Crippen LogP contribution is -2.23. The molecule has 0 spiro atoms. The van der Waals surface area contributed by atoms with E-state index in [-0.39, 0.29) is 19.1 Å². The van der Waals surface area contributed by atoms with Gasteiger partial charge < -0.3 is 19.6 Å². The molecule has 0 unspecified atom stereocenters. The maximum Gasteiger partial charge on any atom is 0.287 e. The summed E-state index contributed by atoms with van der Waals surface area (Å²) in [5, 5.41) is 11.6. The summed E-state index contributed by atoms with van der Waals surface area (Å²) in [6, 6.07) is 9.12. The Morgan fingerprint density at radius 3 is 2.85 bits per heavy atom. The van der Waals surface area contributed by atoms with Gasteiger partial charge in [0.25, 0.3) is 5.91 Å². The monoisotopic (exact) mass is 275 g/mol. The van der Waals surface area contributed by atoms with Crippen LogP contribution in [0.3, 0.4) is 0 Å². The van der Waals surface area contributed by atoms with Crippen LogP contribution in [-0.2, 0) is 6.54 Å². The number of carbonyl (C=O) groups excluding carboxylic acids is 1. The van der Waals surface area contributed by atoms with Crippen LogP contribution in [0.4, 0.5) is 0 Å². The van der Waals surface area contributed by atoms with E-state index in [9.17, 15) is 4.79 Å². The molecule has 0 fully saturated rings. The predicted octanol–water partition coefficient (Wildman–Crippen LogP) is 1.89. The number of carbonyl (C=O) groups is 1. The van der Waals surface area contributed by atoms with Gasteiger partial charge in [0.1, 0.15) is 12.4 Å². The first-order valence-electron chi connectivity index (χ1n) is 6.36. The van der Waals surface area contributed by atoms with Gasteiger partial charge in [0, 0.05) is 17.7 Å². The predicted molar refractivity (Wildman–Crippen MR) is 73.6 cm³/mol. The summed E-state index contributed by atoms with van der Waals surface area (Å²) in [6.45, 7) is 2.33. The maximum absolute atomic E-state index is 11.9. The van der Waals surface area contributed by atoms with E-state index >= 15 is 0 Å². The molecule has 2 N–H and O–H groups in total. The summed E-state index contributed by atoms with van der Waals surface area (Å²) in [7, 11) is 0. The molecule has 1 aromatic carbocycles. The Hall–Kier alpha value is -2.27. The fraction of sp³-hybridized carbons (Fsp3) is 0.267. The zero-order valence-corrected chi connectivity index (χ0v) is 11.3. The van der Waals surface area contributed by atoms with Gasteiger partial charge in [-0.15, -0.1) is 0 Å². The third-order valence-corrected chi connectivity index (χ3v) is 2.83. The van der Waals surface area contributed by atoms with Gasteiger partial charge >= 0.3 is 0 Å². The lowest BCUT2D eigenvalue weighted by Gasteiger charge is -2.11. The van der Waals surface area contributed by atoms with Crippen LogP contribution >= 0.6 is 0 Å². The minimum atomic E-state index is -0.260. The average molecular weight is 275 g/mol. The Morgan fingerprint density at radius 2 is 2.15 bits per heavy atom. The highest BCUT2D eigenvalue weighted by Gasteiger charge is 2.12. The molecule has 0 aliphatic heterocycles. The lowest BCUT2D eigenvalue weighted by molar-refractivity contribution is 0.0922. The summed E-state index contributed by atoms with van der Waals surface area (Å²) < 4.78 is 10.5. The van der Waals surface area contributed by atoms with E-state index in [2.05, 4.69) is 5.32 Å². The van der Waals surface area contributed by atoms with Crippen molar-refractivity contribution in [1.82, 2.24) is 5.32 Å². The molecule has 5 nitrogen and oxygen atoms in total. The highest BCUT2D eigenvalue weighted by Crippen LogP contribution is 2.18. The fourth-order valence-electron chi connectivity index (χ4n) is 1.81. The lowest BCUT2D eigenvalue weighted by atomic mass is 10.2. The number of para-hydroxylation sites is 1. The van der Waals surface area contributed by atoms with Gasteiger partial charge in [-0.3, -0.25) is 4.79 Å². The van der Waals surface area contributed by atoms with Crippen molar-refractivity contribution in [1.29, 1.82) is 0 Å². The summed E-state index contributed by atoms with van der Waals surface area (Å²) in [6.07, 6.45) is 1.49. The second-order valence-electron chi connectivity index (χ2n) is 4.30. The SMILES string of the molecule is Cc1ccoc1C(=O)NCc1ccccc1OCCO. The van der Waals surface area contributed by atoms with Gasteiger partial charge in [0.2, 0.25) is 0 Å². The third-order valence-electron chi connectivity index (χ3n) is 2.83. The Labute approximate surface area is 117 Å². The van der Waals surface area contributed by atoms with Crippen molar-refractivity contribution in [3.05, 3.63) is 53.5 Å². The molecule has 1 aromatic heterocycles. The normalized spacial score (nSPS) is 10.3. The number of aliphatic hydroxyl groups is 1. The van der Waals surface area contributed by atoms with Crippen LogP contribution in [0.1, 0.15) is 21.7 Å². The molecule has 0 atom stereocenters. The second kappa shape index (κ2) is 6.77. The summed E-state index contributed by atoms with van der Waals surface area (Å²) >= 11 is 0. The minimum Gasteiger partial charge on any atom is -0.491 e. The topological polar surface area (TPSA) is 71.7 Å². The van der Waals surface area contributed by atoms with Crippen LogP contribution in [0.15, 0.2) is 41.0 Å². The summed E-state index contributed by atoms with van der Waals surface area (Å²) in [5.74, 6) is 0.709. The molecule has 2 rings (SSSR count). The van der Waals surface area contributed by atoms with Gasteiger partial charge in [0.05, 0.1) is 12.9 Å². The van der Waals surface area contributed by atoms with E-state index in [0.717, 1.165) is 11.1 Å². The number of ether oxygens (including phenoxy) is 1. The van der Waals surface area contributed by atoms with Crippen LogP contribution in [0.5, 0.6) is 5.75 Å². The zero-order valence-electron chi connectivity index (χ0n) is 11.3. The van der Waals surface area contributed by atoms with E-state index in [1.807, 2.05) is 25.1 Å². The minimum absolute atomic E-state index is 0.0493. The number of furan rings is 1. The van der Waals surface area contributed by atoms with E-state index < -0.39 is 0 Å². The van der Waals surface area contributed by atoms with Gasteiger partial charge in [-0.1, -0.05) is 18.2 Å². The van der Waals surface area contributed by atoms with E-state index in [1.165, 1.54) is 6.26 Å². The highest BCUT2D eigenvalue weighted by atomic mass is 16.5. The Bertz CT molecular complexity index is 577. The molecule has 1 amide bonds. The molecule has 0 bridgehead atoms. The number of aryl methyl sites for hydroxylation is 1. The van der Waals surface area contributed by atoms with Crippen LogP contribution in [-0.4, -0.2) is 24.2 Å². The van der Waals surface area contributed by atoms with Crippen LogP contribution in [0, 0.1) is 6.92 Å². The molecule has 20 heavy (non-hydrogen) atoms. The smallest absolute Gasteiger partial charge is 0.287 e. The quantitative estimate of drug-likeness (QED) is 0.844. The second-order valence-corrected chi connectivity index (χ2v) is 4.30. The molecule has 0 aliphatic carbocycles. The number of aliphatic hydroxyl groups excluding tert-OH is 1. The average Bonchev–Trinajstić information content (AvgIpc) is 2.89. The number of amides is 1. The van der Waals surface area contributed by atoms with E-state index in [1.54, 1.807) is 12.1 Å². The van der Waals surface area contributed by atoms with Crippen molar-refractivity contribution in [2.75, 3.05) is 13.2 Å². The Kier molecular flexibility index (Phi) is 4.79. The van der Waals surface area contributed by atoms with Gasteiger partial charge in [0.15, 0.2) is 5.76 Å². The number of nitrogens with one attached hydrogen (secondary N) is 1. The van der Waals surface area contributed by atoms with Crippen molar-refractivity contribution in [3.63, 3.8) is 0 Å². The Morgan fingerprint density at radius 1 is 1.35 bits per heavy atom.